The van der Waals surface area contributed by atoms with Gasteiger partial charge >= 0.3 is 0 Å². The van der Waals surface area contributed by atoms with Gasteiger partial charge in [-0.1, -0.05) is 11.3 Å². The van der Waals surface area contributed by atoms with Gasteiger partial charge < -0.3 is 4.90 Å². The normalized spacial score (nSPS) is 9.67. The van der Waals surface area contributed by atoms with Crippen LogP contribution in [-0.4, -0.2) is 24.3 Å². The Labute approximate surface area is 62.3 Å². The molecule has 5 heteroatoms. The molecule has 0 radical (unpaired) electrons. The van der Waals surface area contributed by atoms with Crippen LogP contribution in [0.25, 0.3) is 0 Å². The van der Waals surface area contributed by atoms with Crippen LogP contribution in [0.1, 0.15) is 0 Å². The highest BCUT2D eigenvalue weighted by Crippen LogP contribution is 2.20. The topological polar surface area (TPSA) is 29.0 Å². The largest absolute Gasteiger partial charge is 0.353 e. The molecule has 0 N–H and O–H groups in total. The molecule has 50 valence electrons. The molecule has 0 aliphatic carbocycles. The molecule has 0 saturated heterocycles. The van der Waals surface area contributed by atoms with Crippen molar-refractivity contribution in [3.8, 4) is 0 Å². The van der Waals surface area contributed by atoms with Gasteiger partial charge in [-0.3, -0.25) is 0 Å². The highest BCUT2D eigenvalue weighted by Gasteiger charge is 2.00. The third kappa shape index (κ3) is 1.53. The van der Waals surface area contributed by atoms with Crippen LogP contribution >= 0.6 is 22.9 Å². The maximum Gasteiger partial charge on any atom is 0.208 e. The predicted molar refractivity (Wildman–Crippen MR) is 39.2 cm³/mol. The third-order valence-electron chi connectivity index (χ3n) is 0.772. The number of anilines is 1. The fourth-order valence-electron chi connectivity index (χ4n) is 0.379. The lowest BCUT2D eigenvalue weighted by atomic mass is 10.9. The summed E-state index contributed by atoms with van der Waals surface area (Å²) < 4.78 is 0.485. The average Bonchev–Trinajstić information content (AvgIpc) is 2.14. The lowest BCUT2D eigenvalue weighted by Crippen LogP contribution is -2.07. The van der Waals surface area contributed by atoms with Gasteiger partial charge in [0.05, 0.1) is 0 Å². The Bertz CT molecular complexity index is 197. The molecule has 0 bridgehead atoms. The number of nitrogens with zero attached hydrogens (tertiary/aromatic N) is 3. The highest BCUT2D eigenvalue weighted by molar-refractivity contribution is 7.19. The van der Waals surface area contributed by atoms with Gasteiger partial charge in [-0.25, -0.2) is 0 Å². The average molecular weight is 164 g/mol. The second-order valence-corrected chi connectivity index (χ2v) is 3.27. The minimum absolute atomic E-state index is 0.485. The van der Waals surface area contributed by atoms with Crippen molar-refractivity contribution >= 4 is 28.1 Å². The highest BCUT2D eigenvalue weighted by atomic mass is 35.5. The van der Waals surface area contributed by atoms with E-state index in [1.54, 1.807) is 0 Å². The van der Waals surface area contributed by atoms with Gasteiger partial charge in [0.15, 0.2) is 0 Å². The van der Waals surface area contributed by atoms with E-state index in [1.807, 2.05) is 19.0 Å². The molecule has 0 fully saturated rings. The van der Waals surface area contributed by atoms with Crippen molar-refractivity contribution in [2.24, 2.45) is 0 Å². The standard InChI is InChI=1S/C4H6ClN3S/c1-8(2)4-7-6-3(5)9-4/h1-2H3. The maximum atomic E-state index is 5.52. The number of hydrogen-bond donors (Lipinski definition) is 0. The first-order chi connectivity index (χ1) is 4.20. The van der Waals surface area contributed by atoms with E-state index in [9.17, 15) is 0 Å². The Hall–Kier alpha value is -0.350. The van der Waals surface area contributed by atoms with Gasteiger partial charge in [0.2, 0.25) is 9.60 Å². The molecular weight excluding hydrogens is 158 g/mol. The number of hydrogen-bond acceptors (Lipinski definition) is 4. The van der Waals surface area contributed by atoms with Gasteiger partial charge in [-0.15, -0.1) is 10.2 Å². The van der Waals surface area contributed by atoms with Gasteiger partial charge in [0.25, 0.3) is 0 Å². The Kier molecular flexibility index (Phi) is 1.87. The number of aromatic nitrogens is 2. The van der Waals surface area contributed by atoms with E-state index in [2.05, 4.69) is 10.2 Å². The summed E-state index contributed by atoms with van der Waals surface area (Å²) in [6.45, 7) is 0. The van der Waals surface area contributed by atoms with E-state index >= 15 is 0 Å². The molecular formula is C4H6ClN3S. The molecule has 0 spiro atoms. The number of halogens is 1. The Balaban J connectivity index is 2.85. The lowest BCUT2D eigenvalue weighted by Gasteiger charge is -2.03. The first kappa shape index (κ1) is 6.77. The molecule has 9 heavy (non-hydrogen) atoms. The van der Waals surface area contributed by atoms with Crippen LogP contribution in [0.2, 0.25) is 4.47 Å². The van der Waals surface area contributed by atoms with Gasteiger partial charge in [0, 0.05) is 14.1 Å². The summed E-state index contributed by atoms with van der Waals surface area (Å²) in [4.78, 5) is 1.86. The molecule has 0 aromatic carbocycles. The van der Waals surface area contributed by atoms with Crippen molar-refractivity contribution in [2.75, 3.05) is 19.0 Å². The summed E-state index contributed by atoms with van der Waals surface area (Å²) in [6, 6.07) is 0. The first-order valence-corrected chi connectivity index (χ1v) is 3.56. The van der Waals surface area contributed by atoms with Crippen LogP contribution < -0.4 is 4.90 Å². The molecule has 0 aliphatic rings. The van der Waals surface area contributed by atoms with E-state index in [1.165, 1.54) is 11.3 Å². The fourth-order valence-corrected chi connectivity index (χ4v) is 1.12. The molecule has 0 amide bonds. The summed E-state index contributed by atoms with van der Waals surface area (Å²) in [7, 11) is 3.80. The Morgan fingerprint density at radius 3 is 2.33 bits per heavy atom. The van der Waals surface area contributed by atoms with Crippen LogP contribution in [0.3, 0.4) is 0 Å². The number of rotatable bonds is 1. The minimum Gasteiger partial charge on any atom is -0.353 e. The van der Waals surface area contributed by atoms with Crippen molar-refractivity contribution in [3.05, 3.63) is 4.47 Å². The SMILES string of the molecule is CN(C)c1nnc(Cl)s1. The second kappa shape index (κ2) is 2.49. The molecule has 0 unspecified atom stereocenters. The second-order valence-electron chi connectivity index (χ2n) is 1.73. The van der Waals surface area contributed by atoms with E-state index < -0.39 is 0 Å². The molecule has 1 heterocycles. The van der Waals surface area contributed by atoms with E-state index in [0.717, 1.165) is 5.13 Å². The van der Waals surface area contributed by atoms with Crippen LogP contribution in [0, 0.1) is 0 Å². The molecule has 0 aliphatic heterocycles. The van der Waals surface area contributed by atoms with Crippen molar-refractivity contribution in [1.82, 2.24) is 10.2 Å². The van der Waals surface area contributed by atoms with Gasteiger partial charge in [-0.05, 0) is 11.6 Å². The van der Waals surface area contributed by atoms with E-state index in [-0.39, 0.29) is 0 Å². The molecule has 0 atom stereocenters. The smallest absolute Gasteiger partial charge is 0.208 e. The molecule has 0 saturated carbocycles. The third-order valence-corrected chi connectivity index (χ3v) is 1.96. The quantitative estimate of drug-likeness (QED) is 0.624. The monoisotopic (exact) mass is 163 g/mol. The van der Waals surface area contributed by atoms with E-state index in [0.29, 0.717) is 4.47 Å². The minimum atomic E-state index is 0.485. The zero-order chi connectivity index (χ0) is 6.85. The molecule has 1 aromatic rings. The van der Waals surface area contributed by atoms with Crippen molar-refractivity contribution < 1.29 is 0 Å². The Morgan fingerprint density at radius 1 is 1.44 bits per heavy atom. The van der Waals surface area contributed by atoms with E-state index in [4.69, 9.17) is 11.6 Å². The summed E-state index contributed by atoms with van der Waals surface area (Å²) in [5.74, 6) is 0. The summed E-state index contributed by atoms with van der Waals surface area (Å²) >= 11 is 6.89. The lowest BCUT2D eigenvalue weighted by molar-refractivity contribution is 1.02. The zero-order valence-corrected chi connectivity index (χ0v) is 6.70. The molecule has 1 aromatic heterocycles. The summed E-state index contributed by atoms with van der Waals surface area (Å²) in [5, 5.41) is 8.24. The molecule has 3 nitrogen and oxygen atoms in total. The van der Waals surface area contributed by atoms with Crippen LogP contribution in [0.15, 0.2) is 0 Å². The van der Waals surface area contributed by atoms with Crippen molar-refractivity contribution in [1.29, 1.82) is 0 Å². The Morgan fingerprint density at radius 2 is 2.11 bits per heavy atom. The maximum absolute atomic E-state index is 5.52. The zero-order valence-electron chi connectivity index (χ0n) is 5.13. The van der Waals surface area contributed by atoms with Crippen molar-refractivity contribution in [3.63, 3.8) is 0 Å². The van der Waals surface area contributed by atoms with Crippen LogP contribution in [-0.2, 0) is 0 Å². The van der Waals surface area contributed by atoms with Crippen LogP contribution in [0.4, 0.5) is 5.13 Å². The summed E-state index contributed by atoms with van der Waals surface area (Å²) in [5.41, 5.74) is 0. The first-order valence-electron chi connectivity index (χ1n) is 2.36. The summed E-state index contributed by atoms with van der Waals surface area (Å²) in [6.07, 6.45) is 0. The van der Waals surface area contributed by atoms with Gasteiger partial charge in [0.1, 0.15) is 0 Å². The van der Waals surface area contributed by atoms with Gasteiger partial charge in [-0.2, -0.15) is 0 Å². The van der Waals surface area contributed by atoms with Crippen LogP contribution in [0.5, 0.6) is 0 Å². The predicted octanol–water partition coefficient (Wildman–Crippen LogP) is 1.26. The molecule has 1 rings (SSSR count). The fraction of sp³-hybridized carbons (Fsp3) is 0.500. The van der Waals surface area contributed by atoms with Crippen molar-refractivity contribution in [2.45, 2.75) is 0 Å².